The standard InChI is InChI=1S/C35H26N2O8S/c1-3-42-34(40)29-30(20-8-5-4-6-9-20)36-35-37(31(29)22-12-14-26-27(17-22)44-19-43-26)32(38)28(46-35)18-24-13-15-25(45-24)21-10-7-11-23(16-21)33(39)41-2/h4-18,31H,3,19H2,1-2H3/b28-18-. The fourth-order valence-corrected chi connectivity index (χ4v) is 6.45. The van der Waals surface area contributed by atoms with Gasteiger partial charge in [0.2, 0.25) is 6.79 Å². The molecule has 0 saturated heterocycles. The molecule has 1 unspecified atom stereocenters. The number of rotatable bonds is 7. The smallest absolute Gasteiger partial charge is 0.338 e. The van der Waals surface area contributed by atoms with E-state index in [0.717, 1.165) is 0 Å². The second kappa shape index (κ2) is 12.0. The number of hydrogen-bond acceptors (Lipinski definition) is 10. The van der Waals surface area contributed by atoms with E-state index in [0.29, 0.717) is 60.3 Å². The zero-order valence-electron chi connectivity index (χ0n) is 24.7. The Labute approximate surface area is 266 Å². The predicted molar refractivity (Wildman–Crippen MR) is 169 cm³/mol. The molecular formula is C35H26N2O8S. The average Bonchev–Trinajstić information content (AvgIpc) is 3.83. The molecule has 0 bridgehead atoms. The van der Waals surface area contributed by atoms with Crippen molar-refractivity contribution in [3.05, 3.63) is 133 Å². The van der Waals surface area contributed by atoms with Gasteiger partial charge < -0.3 is 23.4 Å². The maximum atomic E-state index is 14.2. The molecular weight excluding hydrogens is 608 g/mol. The van der Waals surface area contributed by atoms with Crippen LogP contribution in [0.2, 0.25) is 0 Å². The molecule has 0 fully saturated rings. The Kier molecular flexibility index (Phi) is 7.59. The highest BCUT2D eigenvalue weighted by atomic mass is 32.1. The van der Waals surface area contributed by atoms with Crippen LogP contribution in [-0.2, 0) is 14.3 Å². The maximum Gasteiger partial charge on any atom is 0.338 e. The number of aromatic nitrogens is 1. The first-order chi connectivity index (χ1) is 22.4. The van der Waals surface area contributed by atoms with Crippen LogP contribution in [0.25, 0.3) is 23.1 Å². The summed E-state index contributed by atoms with van der Waals surface area (Å²) in [5.41, 5.74) is 2.70. The van der Waals surface area contributed by atoms with Crippen molar-refractivity contribution < 1.29 is 33.0 Å². The second-order valence-corrected chi connectivity index (χ2v) is 11.3. The fraction of sp³-hybridized carbons (Fsp3) is 0.143. The van der Waals surface area contributed by atoms with Crippen molar-refractivity contribution in [1.29, 1.82) is 0 Å². The van der Waals surface area contributed by atoms with Crippen LogP contribution < -0.4 is 24.4 Å². The van der Waals surface area contributed by atoms with Crippen molar-refractivity contribution in [3.63, 3.8) is 0 Å². The van der Waals surface area contributed by atoms with Crippen LogP contribution in [0, 0.1) is 0 Å². The van der Waals surface area contributed by atoms with Gasteiger partial charge in [-0.2, -0.15) is 0 Å². The van der Waals surface area contributed by atoms with E-state index in [-0.39, 0.29) is 24.5 Å². The van der Waals surface area contributed by atoms with Crippen LogP contribution in [0.1, 0.15) is 40.2 Å². The van der Waals surface area contributed by atoms with Crippen LogP contribution in [0.4, 0.5) is 0 Å². The quantitative estimate of drug-likeness (QED) is 0.236. The third-order valence-corrected chi connectivity index (χ3v) is 8.54. The summed E-state index contributed by atoms with van der Waals surface area (Å²) in [6, 6.07) is 24.2. The molecule has 0 spiro atoms. The molecule has 230 valence electrons. The van der Waals surface area contributed by atoms with Gasteiger partial charge in [0, 0.05) is 17.2 Å². The van der Waals surface area contributed by atoms with E-state index < -0.39 is 18.0 Å². The third-order valence-electron chi connectivity index (χ3n) is 7.55. The Hall–Kier alpha value is -5.68. The number of thiazole rings is 1. The first-order valence-corrected chi connectivity index (χ1v) is 15.2. The molecule has 4 heterocycles. The summed E-state index contributed by atoms with van der Waals surface area (Å²) in [4.78, 5) is 45.2. The topological polar surface area (TPSA) is 119 Å². The minimum atomic E-state index is -0.865. The molecule has 0 amide bonds. The van der Waals surface area contributed by atoms with Crippen molar-refractivity contribution in [2.75, 3.05) is 20.5 Å². The third kappa shape index (κ3) is 5.20. The number of methoxy groups -OCH3 is 1. The lowest BCUT2D eigenvalue weighted by Crippen LogP contribution is -2.40. The summed E-state index contributed by atoms with van der Waals surface area (Å²) < 4.78 is 29.5. The van der Waals surface area contributed by atoms with Crippen molar-refractivity contribution in [1.82, 2.24) is 4.57 Å². The Morgan fingerprint density at radius 2 is 1.76 bits per heavy atom. The van der Waals surface area contributed by atoms with Gasteiger partial charge >= 0.3 is 11.9 Å². The van der Waals surface area contributed by atoms with Crippen LogP contribution in [-0.4, -0.2) is 37.0 Å². The monoisotopic (exact) mass is 634 g/mol. The van der Waals surface area contributed by atoms with Gasteiger partial charge in [0.15, 0.2) is 16.3 Å². The van der Waals surface area contributed by atoms with E-state index in [1.807, 2.05) is 42.5 Å². The highest BCUT2D eigenvalue weighted by molar-refractivity contribution is 7.07. The summed E-state index contributed by atoms with van der Waals surface area (Å²) >= 11 is 1.19. The van der Waals surface area contributed by atoms with E-state index in [1.165, 1.54) is 23.0 Å². The minimum absolute atomic E-state index is 0.0789. The summed E-state index contributed by atoms with van der Waals surface area (Å²) in [7, 11) is 1.32. The number of nitrogens with zero attached hydrogens (tertiary/aromatic N) is 2. The molecule has 10 nitrogen and oxygen atoms in total. The second-order valence-electron chi connectivity index (χ2n) is 10.3. The van der Waals surface area contributed by atoms with Crippen molar-refractivity contribution >= 4 is 35.0 Å². The number of carbonyl (C=O) groups excluding carboxylic acids is 2. The summed E-state index contributed by atoms with van der Waals surface area (Å²) in [5.74, 6) is 0.998. The zero-order chi connectivity index (χ0) is 31.8. The van der Waals surface area contributed by atoms with E-state index >= 15 is 0 Å². The SMILES string of the molecule is CCOC(=O)C1=C(c2ccccc2)N=c2s/c(=C\c3ccc(-c4cccc(C(=O)OC)c4)o3)c(=O)n2C1c1ccc2c(c1)OCO2. The predicted octanol–water partition coefficient (Wildman–Crippen LogP) is 4.71. The first kappa shape index (κ1) is 29.1. The number of furan rings is 1. The molecule has 0 radical (unpaired) electrons. The van der Waals surface area contributed by atoms with Gasteiger partial charge in [0.1, 0.15) is 11.5 Å². The number of ether oxygens (including phenoxy) is 4. The van der Waals surface area contributed by atoms with E-state index in [4.69, 9.17) is 28.4 Å². The largest absolute Gasteiger partial charge is 0.465 e. The molecule has 7 rings (SSSR count). The number of hydrogen-bond donors (Lipinski definition) is 0. The fourth-order valence-electron chi connectivity index (χ4n) is 5.47. The van der Waals surface area contributed by atoms with Gasteiger partial charge in [-0.25, -0.2) is 14.6 Å². The van der Waals surface area contributed by atoms with Gasteiger partial charge in [0.05, 0.1) is 41.1 Å². The van der Waals surface area contributed by atoms with Gasteiger partial charge in [-0.05, 0) is 48.9 Å². The van der Waals surface area contributed by atoms with Gasteiger partial charge in [-0.1, -0.05) is 59.9 Å². The summed E-state index contributed by atoms with van der Waals surface area (Å²) in [6.07, 6.45) is 1.64. The zero-order valence-corrected chi connectivity index (χ0v) is 25.5. The van der Waals surface area contributed by atoms with Crippen LogP contribution in [0.5, 0.6) is 11.5 Å². The van der Waals surface area contributed by atoms with Gasteiger partial charge in [0.25, 0.3) is 5.56 Å². The number of esters is 2. The lowest BCUT2D eigenvalue weighted by molar-refractivity contribution is -0.138. The molecule has 46 heavy (non-hydrogen) atoms. The minimum Gasteiger partial charge on any atom is -0.465 e. The van der Waals surface area contributed by atoms with Crippen molar-refractivity contribution in [2.24, 2.45) is 4.99 Å². The number of benzene rings is 3. The molecule has 1 atom stereocenters. The average molecular weight is 635 g/mol. The summed E-state index contributed by atoms with van der Waals surface area (Å²) in [6.45, 7) is 1.95. The van der Waals surface area contributed by atoms with E-state index in [2.05, 4.69) is 0 Å². The molecule has 2 aliphatic rings. The van der Waals surface area contributed by atoms with Crippen molar-refractivity contribution in [2.45, 2.75) is 13.0 Å². The van der Waals surface area contributed by atoms with Crippen LogP contribution >= 0.6 is 11.3 Å². The van der Waals surface area contributed by atoms with Gasteiger partial charge in [-0.3, -0.25) is 9.36 Å². The molecule has 2 aromatic heterocycles. The Bertz CT molecular complexity index is 2210. The Morgan fingerprint density at radius 1 is 0.957 bits per heavy atom. The van der Waals surface area contributed by atoms with Crippen molar-refractivity contribution in [3.8, 4) is 22.8 Å². The molecule has 5 aromatic rings. The van der Waals surface area contributed by atoms with E-state index in [1.54, 1.807) is 55.5 Å². The lowest BCUT2D eigenvalue weighted by Gasteiger charge is -2.26. The number of carbonyl (C=O) groups is 2. The molecule has 0 aliphatic carbocycles. The normalized spacial score (nSPS) is 15.3. The van der Waals surface area contributed by atoms with E-state index in [9.17, 15) is 14.4 Å². The first-order valence-electron chi connectivity index (χ1n) is 14.4. The summed E-state index contributed by atoms with van der Waals surface area (Å²) in [5, 5.41) is 0. The van der Waals surface area contributed by atoms with Crippen LogP contribution in [0.3, 0.4) is 0 Å². The molecule has 3 aromatic carbocycles. The number of fused-ring (bicyclic) bond motifs is 2. The maximum absolute atomic E-state index is 14.2. The Balaban J connectivity index is 1.39. The van der Waals surface area contributed by atoms with Gasteiger partial charge in [-0.15, -0.1) is 0 Å². The lowest BCUT2D eigenvalue weighted by atomic mass is 9.93. The highest BCUT2D eigenvalue weighted by Gasteiger charge is 2.36. The molecule has 11 heteroatoms. The van der Waals surface area contributed by atoms with Crippen LogP contribution in [0.15, 0.2) is 105 Å². The molecule has 2 aliphatic heterocycles. The Morgan fingerprint density at radius 3 is 2.57 bits per heavy atom. The highest BCUT2D eigenvalue weighted by Crippen LogP contribution is 2.40. The molecule has 0 N–H and O–H groups in total. The molecule has 0 saturated carbocycles.